The lowest BCUT2D eigenvalue weighted by Crippen LogP contribution is -2.36. The van der Waals surface area contributed by atoms with E-state index in [-0.39, 0.29) is 34.7 Å². The second kappa shape index (κ2) is 12.9. The van der Waals surface area contributed by atoms with Gasteiger partial charge in [0.15, 0.2) is 6.61 Å². The third kappa shape index (κ3) is 7.55. The molecule has 1 amide bonds. The lowest BCUT2D eigenvalue weighted by Gasteiger charge is -2.25. The Kier molecular flexibility index (Phi) is 9.63. The van der Waals surface area contributed by atoms with Gasteiger partial charge < -0.3 is 24.6 Å². The minimum absolute atomic E-state index is 0.0372. The largest absolute Gasteiger partial charge is 0.497 e. The molecule has 0 spiro atoms. The van der Waals surface area contributed by atoms with Crippen LogP contribution in [0.4, 0.5) is 5.69 Å². The number of carboxylic acids is 2. The maximum Gasteiger partial charge on any atom is 0.341 e. The van der Waals surface area contributed by atoms with Crippen LogP contribution >= 0.6 is 0 Å². The summed E-state index contributed by atoms with van der Waals surface area (Å²) in [6.07, 6.45) is -0.347. The molecule has 1 atom stereocenters. The van der Waals surface area contributed by atoms with Crippen molar-refractivity contribution in [2.45, 2.75) is 24.3 Å². The Morgan fingerprint density at radius 3 is 2.21 bits per heavy atom. The van der Waals surface area contributed by atoms with E-state index < -0.39 is 40.5 Å². The zero-order valence-corrected chi connectivity index (χ0v) is 22.1. The van der Waals surface area contributed by atoms with Gasteiger partial charge in [-0.25, -0.2) is 22.7 Å². The highest BCUT2D eigenvalue weighted by Gasteiger charge is 2.28. The fourth-order valence-electron chi connectivity index (χ4n) is 3.83. The lowest BCUT2D eigenvalue weighted by molar-refractivity contribution is -0.139. The van der Waals surface area contributed by atoms with Crippen LogP contribution in [0.2, 0.25) is 0 Å². The maximum atomic E-state index is 13.5. The standard InChI is InChI=1S/C27H28N2O9S/c1-3-29(19-10-12-20(37-2)13-11-19)25(30)16-23(28-39(35,36)21-7-5-4-6-8-21)18-9-14-24(38-17-26(31)32)22(15-18)27(33)34/h4-15,23,28H,3,16-17H2,1-2H3,(H,31,32)(H,33,34). The van der Waals surface area contributed by atoms with Crippen LogP contribution in [0.15, 0.2) is 77.7 Å². The van der Waals surface area contributed by atoms with Crippen LogP contribution in [0.5, 0.6) is 11.5 Å². The molecule has 0 saturated heterocycles. The number of rotatable bonds is 13. The molecule has 1 unspecified atom stereocenters. The fourth-order valence-corrected chi connectivity index (χ4v) is 5.07. The van der Waals surface area contributed by atoms with Gasteiger partial charge in [-0.15, -0.1) is 0 Å². The first-order valence-electron chi connectivity index (χ1n) is 11.8. The van der Waals surface area contributed by atoms with E-state index in [1.54, 1.807) is 49.4 Å². The van der Waals surface area contributed by atoms with Gasteiger partial charge in [-0.3, -0.25) is 4.79 Å². The molecule has 0 fully saturated rings. The summed E-state index contributed by atoms with van der Waals surface area (Å²) in [6.45, 7) is 1.28. The van der Waals surface area contributed by atoms with E-state index >= 15 is 0 Å². The molecule has 0 aromatic heterocycles. The van der Waals surface area contributed by atoms with Gasteiger partial charge in [0.1, 0.15) is 17.1 Å². The number of hydrogen-bond acceptors (Lipinski definition) is 7. The van der Waals surface area contributed by atoms with E-state index in [2.05, 4.69) is 4.72 Å². The van der Waals surface area contributed by atoms with Crippen LogP contribution in [-0.4, -0.2) is 56.7 Å². The summed E-state index contributed by atoms with van der Waals surface area (Å²) in [5.41, 5.74) is 0.359. The summed E-state index contributed by atoms with van der Waals surface area (Å²) in [7, 11) is -2.60. The highest BCUT2D eigenvalue weighted by molar-refractivity contribution is 7.89. The van der Waals surface area contributed by atoms with E-state index in [1.807, 2.05) is 0 Å². The van der Waals surface area contributed by atoms with Crippen LogP contribution in [0.25, 0.3) is 0 Å². The number of benzene rings is 3. The van der Waals surface area contributed by atoms with E-state index in [1.165, 1.54) is 36.3 Å². The number of carbonyl (C=O) groups excluding carboxylic acids is 1. The molecule has 206 valence electrons. The second-order valence-corrected chi connectivity index (χ2v) is 9.98. The fraction of sp³-hybridized carbons (Fsp3) is 0.222. The van der Waals surface area contributed by atoms with Crippen molar-refractivity contribution in [3.63, 3.8) is 0 Å². The Labute approximate surface area is 225 Å². The zero-order valence-electron chi connectivity index (χ0n) is 21.2. The summed E-state index contributed by atoms with van der Waals surface area (Å²) < 4.78 is 39.1. The van der Waals surface area contributed by atoms with Crippen molar-refractivity contribution in [2.75, 3.05) is 25.2 Å². The number of aliphatic carboxylic acids is 1. The molecule has 3 rings (SSSR count). The molecule has 0 aliphatic rings. The number of anilines is 1. The van der Waals surface area contributed by atoms with E-state index in [0.717, 1.165) is 6.07 Å². The van der Waals surface area contributed by atoms with Crippen molar-refractivity contribution in [1.82, 2.24) is 4.72 Å². The number of nitrogens with one attached hydrogen (secondary N) is 1. The van der Waals surface area contributed by atoms with Gasteiger partial charge in [-0.2, -0.15) is 0 Å². The molecule has 0 saturated carbocycles. The van der Waals surface area contributed by atoms with Gasteiger partial charge in [-0.05, 0) is 61.0 Å². The molecule has 39 heavy (non-hydrogen) atoms. The maximum absolute atomic E-state index is 13.5. The van der Waals surface area contributed by atoms with Gasteiger partial charge >= 0.3 is 11.9 Å². The monoisotopic (exact) mass is 556 g/mol. The molecule has 3 aromatic rings. The average Bonchev–Trinajstić information content (AvgIpc) is 2.92. The lowest BCUT2D eigenvalue weighted by atomic mass is 10.0. The van der Waals surface area contributed by atoms with E-state index in [4.69, 9.17) is 14.6 Å². The van der Waals surface area contributed by atoms with Gasteiger partial charge in [0.25, 0.3) is 0 Å². The third-order valence-corrected chi connectivity index (χ3v) is 7.21. The number of carbonyl (C=O) groups is 3. The van der Waals surface area contributed by atoms with E-state index in [9.17, 15) is 27.9 Å². The Morgan fingerprint density at radius 1 is 0.974 bits per heavy atom. The topological polar surface area (TPSA) is 160 Å². The molecule has 0 heterocycles. The van der Waals surface area contributed by atoms with Gasteiger partial charge in [-0.1, -0.05) is 24.3 Å². The summed E-state index contributed by atoms with van der Waals surface area (Å²) in [5, 5.41) is 18.6. The second-order valence-electron chi connectivity index (χ2n) is 8.27. The normalized spacial score (nSPS) is 11.8. The number of aromatic carboxylic acids is 1. The van der Waals surface area contributed by atoms with Crippen LogP contribution in [0.3, 0.4) is 0 Å². The molecule has 0 radical (unpaired) electrons. The number of sulfonamides is 1. The minimum Gasteiger partial charge on any atom is -0.497 e. The van der Waals surface area contributed by atoms with Gasteiger partial charge in [0.2, 0.25) is 15.9 Å². The first-order chi connectivity index (χ1) is 18.6. The predicted molar refractivity (Wildman–Crippen MR) is 142 cm³/mol. The van der Waals surface area contributed by atoms with Crippen LogP contribution in [-0.2, 0) is 19.6 Å². The Morgan fingerprint density at radius 2 is 1.64 bits per heavy atom. The van der Waals surface area contributed by atoms with Crippen LogP contribution < -0.4 is 19.1 Å². The van der Waals surface area contributed by atoms with Crippen LogP contribution in [0, 0.1) is 0 Å². The number of ether oxygens (including phenoxy) is 2. The SMILES string of the molecule is CCN(C(=O)CC(NS(=O)(=O)c1ccccc1)c1ccc(OCC(=O)O)c(C(=O)O)c1)c1ccc(OC)cc1. The molecule has 12 heteroatoms. The number of methoxy groups -OCH3 is 1. The number of carboxylic acid groups (broad SMARTS) is 2. The molecule has 11 nitrogen and oxygen atoms in total. The van der Waals surface area contributed by atoms with Crippen molar-refractivity contribution in [2.24, 2.45) is 0 Å². The average molecular weight is 557 g/mol. The van der Waals surface area contributed by atoms with Gasteiger partial charge in [0.05, 0.1) is 18.0 Å². The van der Waals surface area contributed by atoms with Gasteiger partial charge in [0, 0.05) is 18.7 Å². The van der Waals surface area contributed by atoms with Crippen molar-refractivity contribution < 1.29 is 42.5 Å². The first kappa shape index (κ1) is 29.1. The molecule has 3 N–H and O–H groups in total. The molecular formula is C27H28N2O9S. The summed E-state index contributed by atoms with van der Waals surface area (Å²) in [4.78, 5) is 37.7. The van der Waals surface area contributed by atoms with Crippen molar-refractivity contribution in [1.29, 1.82) is 0 Å². The van der Waals surface area contributed by atoms with Crippen molar-refractivity contribution in [3.8, 4) is 11.5 Å². The molecule has 3 aromatic carbocycles. The smallest absolute Gasteiger partial charge is 0.341 e. The Hall–Kier alpha value is -4.42. The van der Waals surface area contributed by atoms with Crippen LogP contribution in [0.1, 0.15) is 35.3 Å². The first-order valence-corrected chi connectivity index (χ1v) is 13.3. The molecule has 0 aliphatic heterocycles. The highest BCUT2D eigenvalue weighted by atomic mass is 32.2. The summed E-state index contributed by atoms with van der Waals surface area (Å²) >= 11 is 0. The Balaban J connectivity index is 2.00. The summed E-state index contributed by atoms with van der Waals surface area (Å²) in [5.74, 6) is -2.75. The van der Waals surface area contributed by atoms with Crippen molar-refractivity contribution in [3.05, 3.63) is 83.9 Å². The third-order valence-electron chi connectivity index (χ3n) is 5.72. The zero-order chi connectivity index (χ0) is 28.6. The Bertz CT molecular complexity index is 1430. The molecule has 0 aliphatic carbocycles. The highest BCUT2D eigenvalue weighted by Crippen LogP contribution is 2.29. The molecular weight excluding hydrogens is 528 g/mol. The van der Waals surface area contributed by atoms with Crippen molar-refractivity contribution >= 4 is 33.6 Å². The minimum atomic E-state index is -4.12. The number of amides is 1. The number of hydrogen-bond donors (Lipinski definition) is 3. The molecule has 0 bridgehead atoms. The predicted octanol–water partition coefficient (Wildman–Crippen LogP) is 3.32. The van der Waals surface area contributed by atoms with E-state index in [0.29, 0.717) is 11.4 Å². The quantitative estimate of drug-likeness (QED) is 0.287. The summed E-state index contributed by atoms with van der Waals surface area (Å²) in [6, 6.07) is 16.9. The number of nitrogens with zero attached hydrogens (tertiary/aromatic N) is 1.